The van der Waals surface area contributed by atoms with Crippen LogP contribution in [0.5, 0.6) is 0 Å². The van der Waals surface area contributed by atoms with Gasteiger partial charge in [0.1, 0.15) is 11.6 Å². The molecule has 0 fully saturated rings. The van der Waals surface area contributed by atoms with Gasteiger partial charge in [-0.1, -0.05) is 27.2 Å². The van der Waals surface area contributed by atoms with Crippen LogP contribution in [0.1, 0.15) is 51.0 Å². The number of hydrogen-bond donors (Lipinski definition) is 1. The number of nitrogens with zero attached hydrogens (tertiary/aromatic N) is 2. The highest BCUT2D eigenvalue weighted by molar-refractivity contribution is 5.35. The van der Waals surface area contributed by atoms with E-state index in [1.165, 1.54) is 0 Å². The van der Waals surface area contributed by atoms with Crippen molar-refractivity contribution in [3.63, 3.8) is 0 Å². The van der Waals surface area contributed by atoms with Crippen molar-refractivity contribution in [2.24, 2.45) is 0 Å². The molecule has 3 nitrogen and oxygen atoms in total. The van der Waals surface area contributed by atoms with E-state index < -0.39 is 0 Å². The van der Waals surface area contributed by atoms with Gasteiger partial charge in [-0.15, -0.1) is 0 Å². The van der Waals surface area contributed by atoms with Gasteiger partial charge in [0.25, 0.3) is 0 Å². The van der Waals surface area contributed by atoms with Crippen molar-refractivity contribution in [2.45, 2.75) is 46.0 Å². The normalized spacial score (nSPS) is 12.5. The van der Waals surface area contributed by atoms with E-state index in [-0.39, 0.29) is 0 Å². The van der Waals surface area contributed by atoms with Crippen LogP contribution in [-0.2, 0) is 6.42 Å². The van der Waals surface area contributed by atoms with E-state index in [0.717, 1.165) is 36.6 Å². The molecule has 0 amide bonds. The molecule has 1 aromatic rings. The lowest BCUT2D eigenvalue weighted by Crippen LogP contribution is -2.06. The minimum absolute atomic E-state index is 0.439. The Morgan fingerprint density at radius 3 is 2.60 bits per heavy atom. The maximum atomic E-state index is 4.59. The summed E-state index contributed by atoms with van der Waals surface area (Å²) < 4.78 is 0. The second kappa shape index (κ2) is 5.69. The van der Waals surface area contributed by atoms with Crippen molar-refractivity contribution in [1.82, 2.24) is 9.97 Å². The zero-order valence-corrected chi connectivity index (χ0v) is 10.2. The first-order chi connectivity index (χ1) is 7.21. The zero-order valence-electron chi connectivity index (χ0n) is 10.2. The Morgan fingerprint density at radius 1 is 1.33 bits per heavy atom. The number of rotatable bonds is 5. The van der Waals surface area contributed by atoms with Gasteiger partial charge in [0.15, 0.2) is 0 Å². The summed E-state index contributed by atoms with van der Waals surface area (Å²) in [6, 6.07) is 2.04. The molecule has 0 aliphatic carbocycles. The molecule has 0 saturated heterocycles. The number of aromatic nitrogens is 2. The van der Waals surface area contributed by atoms with Crippen LogP contribution in [-0.4, -0.2) is 17.0 Å². The third kappa shape index (κ3) is 3.18. The molecule has 84 valence electrons. The van der Waals surface area contributed by atoms with Crippen LogP contribution in [0.15, 0.2) is 6.07 Å². The molecule has 1 N–H and O–H groups in total. The van der Waals surface area contributed by atoms with Crippen molar-refractivity contribution in [1.29, 1.82) is 0 Å². The fourth-order valence-electron chi connectivity index (χ4n) is 1.43. The lowest BCUT2D eigenvalue weighted by atomic mass is 10.1. The molecule has 0 saturated carbocycles. The van der Waals surface area contributed by atoms with E-state index in [1.807, 2.05) is 13.1 Å². The fourth-order valence-corrected chi connectivity index (χ4v) is 1.43. The number of nitrogens with one attached hydrogen (secondary N) is 1. The molecule has 3 heteroatoms. The van der Waals surface area contributed by atoms with Gasteiger partial charge in [-0.25, -0.2) is 9.97 Å². The minimum Gasteiger partial charge on any atom is -0.373 e. The molecular weight excluding hydrogens is 186 g/mol. The van der Waals surface area contributed by atoms with Gasteiger partial charge in [0, 0.05) is 24.7 Å². The Morgan fingerprint density at radius 2 is 2.07 bits per heavy atom. The average molecular weight is 207 g/mol. The van der Waals surface area contributed by atoms with Crippen LogP contribution >= 0.6 is 0 Å². The molecule has 15 heavy (non-hydrogen) atoms. The summed E-state index contributed by atoms with van der Waals surface area (Å²) in [5.74, 6) is 2.34. The summed E-state index contributed by atoms with van der Waals surface area (Å²) in [5.41, 5.74) is 1.15. The molecule has 1 unspecified atom stereocenters. The lowest BCUT2D eigenvalue weighted by molar-refractivity contribution is 0.669. The summed E-state index contributed by atoms with van der Waals surface area (Å²) >= 11 is 0. The molecule has 1 heterocycles. The van der Waals surface area contributed by atoms with E-state index >= 15 is 0 Å². The van der Waals surface area contributed by atoms with E-state index in [9.17, 15) is 0 Å². The van der Waals surface area contributed by atoms with Crippen molar-refractivity contribution >= 4 is 5.82 Å². The van der Waals surface area contributed by atoms with Crippen molar-refractivity contribution in [3.8, 4) is 0 Å². The fraction of sp³-hybridized carbons (Fsp3) is 0.667. The first-order valence-electron chi connectivity index (χ1n) is 5.76. The predicted molar refractivity (Wildman–Crippen MR) is 64.3 cm³/mol. The van der Waals surface area contributed by atoms with Crippen LogP contribution in [0.2, 0.25) is 0 Å². The second-order valence-electron chi connectivity index (χ2n) is 3.91. The van der Waals surface area contributed by atoms with E-state index in [0.29, 0.717) is 5.92 Å². The van der Waals surface area contributed by atoms with Gasteiger partial charge in [-0.3, -0.25) is 0 Å². The first kappa shape index (κ1) is 12.0. The molecule has 1 atom stereocenters. The van der Waals surface area contributed by atoms with Crippen LogP contribution in [0.3, 0.4) is 0 Å². The molecule has 1 aromatic heterocycles. The van der Waals surface area contributed by atoms with E-state index in [4.69, 9.17) is 0 Å². The quantitative estimate of drug-likeness (QED) is 0.806. The summed E-state index contributed by atoms with van der Waals surface area (Å²) in [6.45, 7) is 6.51. The highest BCUT2D eigenvalue weighted by atomic mass is 15.0. The zero-order chi connectivity index (χ0) is 11.3. The molecule has 0 radical (unpaired) electrons. The lowest BCUT2D eigenvalue weighted by Gasteiger charge is -2.11. The topological polar surface area (TPSA) is 37.8 Å². The van der Waals surface area contributed by atoms with Crippen molar-refractivity contribution in [2.75, 3.05) is 12.4 Å². The molecule has 0 aliphatic heterocycles. The van der Waals surface area contributed by atoms with Crippen LogP contribution < -0.4 is 5.32 Å². The average Bonchev–Trinajstić information content (AvgIpc) is 2.28. The SMILES string of the molecule is CCCc1cc(NC)nc(C(C)CC)n1. The minimum atomic E-state index is 0.439. The summed E-state index contributed by atoms with van der Waals surface area (Å²) in [7, 11) is 1.90. The number of hydrogen-bond acceptors (Lipinski definition) is 3. The van der Waals surface area contributed by atoms with Crippen molar-refractivity contribution < 1.29 is 0 Å². The second-order valence-corrected chi connectivity index (χ2v) is 3.91. The van der Waals surface area contributed by atoms with Crippen LogP contribution in [0.4, 0.5) is 5.82 Å². The molecule has 0 aromatic carbocycles. The largest absolute Gasteiger partial charge is 0.373 e. The van der Waals surface area contributed by atoms with Gasteiger partial charge in [0.2, 0.25) is 0 Å². The highest BCUT2D eigenvalue weighted by Crippen LogP contribution is 2.17. The summed E-state index contributed by atoms with van der Waals surface area (Å²) in [5, 5.41) is 3.09. The molecule has 0 bridgehead atoms. The smallest absolute Gasteiger partial charge is 0.133 e. The van der Waals surface area contributed by atoms with E-state index in [1.54, 1.807) is 0 Å². The monoisotopic (exact) mass is 207 g/mol. The van der Waals surface area contributed by atoms with Gasteiger partial charge in [0.05, 0.1) is 0 Å². The molecule has 0 aliphatic rings. The Bertz CT molecular complexity index is 310. The van der Waals surface area contributed by atoms with E-state index in [2.05, 4.69) is 36.1 Å². The third-order valence-electron chi connectivity index (χ3n) is 2.61. The van der Waals surface area contributed by atoms with Crippen LogP contribution in [0, 0.1) is 0 Å². The Hall–Kier alpha value is -1.12. The maximum absolute atomic E-state index is 4.59. The van der Waals surface area contributed by atoms with Gasteiger partial charge in [-0.2, -0.15) is 0 Å². The Labute approximate surface area is 92.3 Å². The first-order valence-corrected chi connectivity index (χ1v) is 5.76. The third-order valence-corrected chi connectivity index (χ3v) is 2.61. The van der Waals surface area contributed by atoms with Crippen molar-refractivity contribution in [3.05, 3.63) is 17.6 Å². The van der Waals surface area contributed by atoms with Gasteiger partial charge in [-0.05, 0) is 12.8 Å². The highest BCUT2D eigenvalue weighted by Gasteiger charge is 2.09. The number of anilines is 1. The van der Waals surface area contributed by atoms with Gasteiger partial charge >= 0.3 is 0 Å². The van der Waals surface area contributed by atoms with Crippen LogP contribution in [0.25, 0.3) is 0 Å². The molecular formula is C12H21N3. The maximum Gasteiger partial charge on any atom is 0.133 e. The summed E-state index contributed by atoms with van der Waals surface area (Å²) in [4.78, 5) is 9.07. The molecule has 1 rings (SSSR count). The standard InChI is InChI=1S/C12H21N3/c1-5-7-10-8-11(13-4)15-12(14-10)9(3)6-2/h8-9H,5-7H2,1-4H3,(H,13,14,15). The summed E-state index contributed by atoms with van der Waals surface area (Å²) in [6.07, 6.45) is 3.24. The predicted octanol–water partition coefficient (Wildman–Crippen LogP) is 2.98. The Balaban J connectivity index is 2.99. The van der Waals surface area contributed by atoms with Gasteiger partial charge < -0.3 is 5.32 Å². The Kier molecular flexibility index (Phi) is 4.53. The molecule has 0 spiro atoms. The number of aryl methyl sites for hydroxylation is 1.